The van der Waals surface area contributed by atoms with Gasteiger partial charge in [-0.1, -0.05) is 24.3 Å². The van der Waals surface area contributed by atoms with E-state index in [9.17, 15) is 18.0 Å². The molecule has 2 aromatic heterocycles. The Balaban J connectivity index is 1.53. The van der Waals surface area contributed by atoms with Crippen molar-refractivity contribution >= 4 is 22.6 Å². The van der Waals surface area contributed by atoms with Gasteiger partial charge in [0.05, 0.1) is 11.8 Å². The second kappa shape index (κ2) is 7.71. The standard InChI is InChI=1S/C20H14F3N5OS/c1-28-11-15(10-24-28)12-4-2-6-14(8-12)18(29)26-19-25-17(27-30-19)13-5-3-7-16(9-13)20(21,22)23/h2-11H,1H3,(H,25,26,27,29). The van der Waals surface area contributed by atoms with Gasteiger partial charge in [-0.3, -0.25) is 14.8 Å². The van der Waals surface area contributed by atoms with Crippen LogP contribution in [0.15, 0.2) is 60.9 Å². The number of nitrogens with one attached hydrogen (secondary N) is 1. The summed E-state index contributed by atoms with van der Waals surface area (Å²) >= 11 is 0.897. The SMILES string of the molecule is Cn1cc(-c2cccc(C(=O)Nc3nc(-c4cccc(C(F)(F)F)c4)ns3)c2)cn1. The molecule has 4 aromatic rings. The number of amides is 1. The van der Waals surface area contributed by atoms with E-state index < -0.39 is 17.6 Å². The molecule has 0 saturated heterocycles. The second-order valence-corrected chi connectivity index (χ2v) is 7.19. The minimum atomic E-state index is -4.46. The molecule has 0 bridgehead atoms. The van der Waals surface area contributed by atoms with Crippen LogP contribution in [-0.4, -0.2) is 25.0 Å². The predicted octanol–water partition coefficient (Wildman–Crippen LogP) is 4.88. The molecule has 0 radical (unpaired) electrons. The van der Waals surface area contributed by atoms with Crippen molar-refractivity contribution in [1.82, 2.24) is 19.1 Å². The highest BCUT2D eigenvalue weighted by Gasteiger charge is 2.30. The van der Waals surface area contributed by atoms with Gasteiger partial charge in [-0.15, -0.1) is 0 Å². The molecule has 30 heavy (non-hydrogen) atoms. The Hall–Kier alpha value is -3.53. The number of benzene rings is 2. The summed E-state index contributed by atoms with van der Waals surface area (Å²) in [7, 11) is 1.80. The molecular weight excluding hydrogens is 415 g/mol. The summed E-state index contributed by atoms with van der Waals surface area (Å²) in [4.78, 5) is 16.7. The number of nitrogens with zero attached hydrogens (tertiary/aromatic N) is 4. The van der Waals surface area contributed by atoms with Gasteiger partial charge in [0.15, 0.2) is 5.82 Å². The van der Waals surface area contributed by atoms with Gasteiger partial charge in [-0.05, 0) is 29.8 Å². The van der Waals surface area contributed by atoms with Gasteiger partial charge in [0.25, 0.3) is 5.91 Å². The summed E-state index contributed by atoms with van der Waals surface area (Å²) in [5.41, 5.74) is 1.55. The Kier molecular flexibility index (Phi) is 5.08. The molecule has 0 aliphatic carbocycles. The number of aromatic nitrogens is 4. The molecule has 2 aromatic carbocycles. The van der Waals surface area contributed by atoms with Crippen LogP contribution in [0.3, 0.4) is 0 Å². The molecule has 0 unspecified atom stereocenters. The van der Waals surface area contributed by atoms with Gasteiger partial charge in [0, 0.05) is 41.5 Å². The van der Waals surface area contributed by atoms with Crippen molar-refractivity contribution in [3.63, 3.8) is 0 Å². The number of carbonyl (C=O) groups is 1. The molecule has 0 spiro atoms. The zero-order valence-electron chi connectivity index (χ0n) is 15.5. The maximum Gasteiger partial charge on any atom is 0.416 e. The maximum atomic E-state index is 12.9. The van der Waals surface area contributed by atoms with Crippen molar-refractivity contribution in [1.29, 1.82) is 0 Å². The summed E-state index contributed by atoms with van der Waals surface area (Å²) in [6.07, 6.45) is -0.922. The third-order valence-corrected chi connectivity index (χ3v) is 4.89. The Morgan fingerprint density at radius 2 is 1.83 bits per heavy atom. The lowest BCUT2D eigenvalue weighted by Crippen LogP contribution is -2.11. The van der Waals surface area contributed by atoms with Crippen molar-refractivity contribution in [2.24, 2.45) is 7.05 Å². The molecule has 1 amide bonds. The van der Waals surface area contributed by atoms with Gasteiger partial charge in [-0.25, -0.2) is 0 Å². The highest BCUT2D eigenvalue weighted by Crippen LogP contribution is 2.32. The van der Waals surface area contributed by atoms with Crippen molar-refractivity contribution in [3.05, 3.63) is 72.1 Å². The molecule has 1 N–H and O–H groups in total. The fourth-order valence-corrected chi connectivity index (χ4v) is 3.39. The van der Waals surface area contributed by atoms with E-state index in [0.29, 0.717) is 5.56 Å². The van der Waals surface area contributed by atoms with Crippen LogP contribution < -0.4 is 5.32 Å². The van der Waals surface area contributed by atoms with Crippen molar-refractivity contribution in [2.75, 3.05) is 5.32 Å². The summed E-state index contributed by atoms with van der Waals surface area (Å²) in [5, 5.41) is 6.95. The van der Waals surface area contributed by atoms with E-state index in [1.807, 2.05) is 12.3 Å². The van der Waals surface area contributed by atoms with Crippen LogP contribution >= 0.6 is 11.5 Å². The number of hydrogen-bond acceptors (Lipinski definition) is 5. The van der Waals surface area contributed by atoms with E-state index in [-0.39, 0.29) is 16.5 Å². The molecule has 10 heteroatoms. The van der Waals surface area contributed by atoms with E-state index in [0.717, 1.165) is 34.8 Å². The zero-order chi connectivity index (χ0) is 21.3. The predicted molar refractivity (Wildman–Crippen MR) is 107 cm³/mol. The second-order valence-electron chi connectivity index (χ2n) is 6.44. The van der Waals surface area contributed by atoms with E-state index >= 15 is 0 Å². The summed E-state index contributed by atoms with van der Waals surface area (Å²) in [5.74, 6) is -0.280. The Morgan fingerprint density at radius 3 is 2.57 bits per heavy atom. The lowest BCUT2D eigenvalue weighted by Gasteiger charge is -2.06. The van der Waals surface area contributed by atoms with Gasteiger partial charge >= 0.3 is 6.18 Å². The summed E-state index contributed by atoms with van der Waals surface area (Å²) < 4.78 is 44.4. The van der Waals surface area contributed by atoms with E-state index in [1.165, 1.54) is 12.1 Å². The van der Waals surface area contributed by atoms with E-state index in [4.69, 9.17) is 0 Å². The topological polar surface area (TPSA) is 72.7 Å². The van der Waals surface area contributed by atoms with Crippen LogP contribution in [0.1, 0.15) is 15.9 Å². The lowest BCUT2D eigenvalue weighted by molar-refractivity contribution is -0.137. The molecule has 6 nitrogen and oxygen atoms in total. The van der Waals surface area contributed by atoms with Crippen LogP contribution in [0.2, 0.25) is 0 Å². The number of aryl methyl sites for hydroxylation is 1. The van der Waals surface area contributed by atoms with Crippen LogP contribution in [0.4, 0.5) is 18.3 Å². The van der Waals surface area contributed by atoms with Gasteiger partial charge in [0.1, 0.15) is 0 Å². The molecular formula is C20H14F3N5OS. The summed E-state index contributed by atoms with van der Waals surface area (Å²) in [6.45, 7) is 0. The van der Waals surface area contributed by atoms with E-state index in [2.05, 4.69) is 19.8 Å². The van der Waals surface area contributed by atoms with Crippen molar-refractivity contribution in [2.45, 2.75) is 6.18 Å². The number of alkyl halides is 3. The van der Waals surface area contributed by atoms with Crippen LogP contribution in [0.5, 0.6) is 0 Å². The van der Waals surface area contributed by atoms with Crippen LogP contribution in [-0.2, 0) is 13.2 Å². The third kappa shape index (κ3) is 4.23. The average Bonchev–Trinajstić information content (AvgIpc) is 3.37. The first-order chi connectivity index (χ1) is 14.3. The molecule has 0 saturated carbocycles. The first-order valence-corrected chi connectivity index (χ1v) is 9.49. The average molecular weight is 429 g/mol. The number of hydrogen-bond donors (Lipinski definition) is 1. The first-order valence-electron chi connectivity index (χ1n) is 8.71. The quantitative estimate of drug-likeness (QED) is 0.502. The van der Waals surface area contributed by atoms with Crippen molar-refractivity contribution < 1.29 is 18.0 Å². The van der Waals surface area contributed by atoms with Gasteiger partial charge < -0.3 is 0 Å². The maximum absolute atomic E-state index is 12.9. The monoisotopic (exact) mass is 429 g/mol. The van der Waals surface area contributed by atoms with E-state index in [1.54, 1.807) is 36.1 Å². The van der Waals surface area contributed by atoms with Crippen LogP contribution in [0.25, 0.3) is 22.5 Å². The normalized spacial score (nSPS) is 11.5. The highest BCUT2D eigenvalue weighted by molar-refractivity contribution is 7.10. The lowest BCUT2D eigenvalue weighted by atomic mass is 10.1. The minimum Gasteiger partial charge on any atom is -0.297 e. The number of carbonyl (C=O) groups excluding carboxylic acids is 1. The minimum absolute atomic E-state index is 0.116. The molecule has 0 fully saturated rings. The highest BCUT2D eigenvalue weighted by atomic mass is 32.1. The fourth-order valence-electron chi connectivity index (χ4n) is 2.81. The first kappa shape index (κ1) is 19.8. The number of halogens is 3. The summed E-state index contributed by atoms with van der Waals surface area (Å²) in [6, 6.07) is 11.7. The molecule has 0 aliphatic heterocycles. The molecule has 4 rings (SSSR count). The number of rotatable bonds is 4. The molecule has 0 aliphatic rings. The largest absolute Gasteiger partial charge is 0.416 e. The van der Waals surface area contributed by atoms with Gasteiger partial charge in [0.2, 0.25) is 5.13 Å². The fraction of sp³-hybridized carbons (Fsp3) is 0.100. The van der Waals surface area contributed by atoms with Gasteiger partial charge in [-0.2, -0.15) is 27.6 Å². The Bertz CT molecular complexity index is 1210. The van der Waals surface area contributed by atoms with Crippen LogP contribution in [0, 0.1) is 0 Å². The molecule has 152 valence electrons. The molecule has 2 heterocycles. The smallest absolute Gasteiger partial charge is 0.297 e. The van der Waals surface area contributed by atoms with Crippen molar-refractivity contribution in [3.8, 4) is 22.5 Å². The molecule has 0 atom stereocenters. The number of anilines is 1. The Morgan fingerprint density at radius 1 is 1.07 bits per heavy atom. The third-order valence-electron chi connectivity index (χ3n) is 4.26. The Labute approximate surface area is 173 Å². The zero-order valence-corrected chi connectivity index (χ0v) is 16.3.